The second kappa shape index (κ2) is 14.3. The van der Waals surface area contributed by atoms with Gasteiger partial charge in [-0.05, 0) is 103 Å². The molecule has 3 aromatic heterocycles. The van der Waals surface area contributed by atoms with Crippen LogP contribution in [0.4, 0.5) is 0 Å². The van der Waals surface area contributed by atoms with Gasteiger partial charge in [-0.15, -0.1) is 0 Å². The van der Waals surface area contributed by atoms with Crippen LogP contribution in [0.1, 0.15) is 9.68 Å². The van der Waals surface area contributed by atoms with Crippen molar-refractivity contribution in [2.45, 2.75) is 6.85 Å². The first kappa shape index (κ1) is 31.3. The van der Waals surface area contributed by atoms with E-state index in [2.05, 4.69) is 169 Å². The van der Waals surface area contributed by atoms with Crippen molar-refractivity contribution in [2.75, 3.05) is 0 Å². The summed E-state index contributed by atoms with van der Waals surface area (Å²) < 4.78 is 34.0. The van der Waals surface area contributed by atoms with E-state index in [0.717, 1.165) is 83.4 Å². The van der Waals surface area contributed by atoms with Gasteiger partial charge in [0.05, 0.1) is 5.52 Å². The van der Waals surface area contributed by atoms with Crippen LogP contribution in [0, 0.1) is 6.85 Å². The first-order valence-electron chi connectivity index (χ1n) is 21.2. The minimum absolute atomic E-state index is 0.223. The van der Waals surface area contributed by atoms with Gasteiger partial charge in [0.25, 0.3) is 0 Å². The summed E-state index contributed by atoms with van der Waals surface area (Å²) in [4.78, 5) is 9.31. The summed E-state index contributed by atoms with van der Waals surface area (Å²) in [5.41, 5.74) is 17.1. The summed E-state index contributed by atoms with van der Waals surface area (Å²) in [6, 6.07) is 69.0. The van der Waals surface area contributed by atoms with Gasteiger partial charge in [-0.1, -0.05) is 182 Å². The van der Waals surface area contributed by atoms with E-state index < -0.39 is 6.85 Å². The Morgan fingerprint density at radius 1 is 0.390 bits per heavy atom. The molecule has 8 aromatic carbocycles. The number of fused-ring (bicyclic) bond motifs is 5. The van der Waals surface area contributed by atoms with Crippen LogP contribution in [-0.2, 0) is 0 Å². The zero-order valence-corrected chi connectivity index (χ0v) is 31.9. The molecule has 278 valence electrons. The van der Waals surface area contributed by atoms with Crippen LogP contribution < -0.4 is 0 Å². The number of hydrogen-bond acceptors (Lipinski definition) is 3. The van der Waals surface area contributed by atoms with E-state index in [1.807, 2.05) is 34.7 Å². The standard InChI is InChI=1S/C55H37N3O/c1-36-29-34-44-53(57-55-58(44)45-28-17-35-56-54(45)59-55)46(36)42-30-32-43(33-31-42)52-50(40-24-13-5-14-25-40)48(38-20-9-3-10-21-38)47(37-18-7-2-8-19-37)49(39-22-11-4-12-23-39)51(52)41-26-15-6-16-27-41/h2-35H,1H3/i1D3. The van der Waals surface area contributed by atoms with Gasteiger partial charge in [0, 0.05) is 15.9 Å². The number of pyridine rings is 1. The van der Waals surface area contributed by atoms with Gasteiger partial charge < -0.3 is 4.42 Å². The molecule has 0 saturated carbocycles. The van der Waals surface area contributed by atoms with Crippen LogP contribution in [-0.4, -0.2) is 14.4 Å². The normalized spacial score (nSPS) is 12.4. The highest BCUT2D eigenvalue weighted by molar-refractivity contribution is 6.15. The highest BCUT2D eigenvalue weighted by atomic mass is 16.4. The summed E-state index contributed by atoms with van der Waals surface area (Å²) in [5.74, 6) is 0.356. The minimum Gasteiger partial charge on any atom is -0.404 e. The Morgan fingerprint density at radius 3 is 1.19 bits per heavy atom. The molecule has 0 bridgehead atoms. The lowest BCUT2D eigenvalue weighted by atomic mass is 9.74. The van der Waals surface area contributed by atoms with Gasteiger partial charge in [0.2, 0.25) is 5.71 Å². The molecule has 11 aromatic rings. The monoisotopic (exact) mass is 758 g/mol. The summed E-state index contributed by atoms with van der Waals surface area (Å²) in [5, 5.41) is 0. The van der Waals surface area contributed by atoms with Crippen LogP contribution in [0.25, 0.3) is 106 Å². The second-order valence-corrected chi connectivity index (χ2v) is 14.7. The van der Waals surface area contributed by atoms with Crippen molar-refractivity contribution in [3.05, 3.63) is 212 Å². The molecule has 4 nitrogen and oxygen atoms in total. The van der Waals surface area contributed by atoms with E-state index in [1.165, 1.54) is 0 Å². The Morgan fingerprint density at radius 2 is 0.780 bits per heavy atom. The van der Waals surface area contributed by atoms with E-state index in [4.69, 9.17) is 13.5 Å². The first-order chi connectivity index (χ1) is 30.4. The van der Waals surface area contributed by atoms with Crippen molar-refractivity contribution in [1.29, 1.82) is 0 Å². The Labute approximate surface area is 346 Å². The highest BCUT2D eigenvalue weighted by Gasteiger charge is 2.29. The van der Waals surface area contributed by atoms with Gasteiger partial charge in [-0.25, -0.2) is 4.98 Å². The maximum Gasteiger partial charge on any atom is 0.309 e. The molecule has 0 aliphatic heterocycles. The molecule has 0 aliphatic rings. The molecule has 0 N–H and O–H groups in total. The fraction of sp³-hybridized carbons (Fsp3) is 0.0182. The molecule has 0 radical (unpaired) electrons. The second-order valence-electron chi connectivity index (χ2n) is 14.7. The largest absolute Gasteiger partial charge is 0.404 e. The van der Waals surface area contributed by atoms with Crippen LogP contribution >= 0.6 is 0 Å². The molecule has 0 unspecified atom stereocenters. The Hall–Kier alpha value is -7.82. The Balaban J connectivity index is 1.27. The Kier molecular flexibility index (Phi) is 7.57. The number of benzene rings is 8. The van der Waals surface area contributed by atoms with Crippen molar-refractivity contribution in [2.24, 2.45) is 0 Å². The third kappa shape index (κ3) is 5.76. The number of oxazole rings is 1. The molecule has 11 rings (SSSR count). The van der Waals surface area contributed by atoms with Crippen molar-refractivity contribution >= 4 is 28.1 Å². The van der Waals surface area contributed by atoms with E-state index in [0.29, 0.717) is 22.6 Å². The van der Waals surface area contributed by atoms with Crippen LogP contribution in [0.3, 0.4) is 0 Å². The molecular weight excluding hydrogens is 719 g/mol. The van der Waals surface area contributed by atoms with Crippen molar-refractivity contribution in [3.8, 4) is 77.9 Å². The number of rotatable bonds is 7. The molecule has 0 fully saturated rings. The fourth-order valence-electron chi connectivity index (χ4n) is 8.74. The molecule has 0 amide bonds. The average Bonchev–Trinajstić information content (AvgIpc) is 3.88. The number of nitrogens with zero attached hydrogens (tertiary/aromatic N) is 3. The van der Waals surface area contributed by atoms with Crippen LogP contribution in [0.2, 0.25) is 0 Å². The smallest absolute Gasteiger partial charge is 0.309 e. The zero-order valence-electron chi connectivity index (χ0n) is 34.9. The maximum absolute atomic E-state index is 8.66. The summed E-state index contributed by atoms with van der Waals surface area (Å²) in [7, 11) is 0. The highest BCUT2D eigenvalue weighted by Crippen LogP contribution is 2.56. The molecule has 0 aliphatic carbocycles. The maximum atomic E-state index is 8.66. The lowest BCUT2D eigenvalue weighted by Crippen LogP contribution is -2.02. The predicted octanol–water partition coefficient (Wildman–Crippen LogP) is 14.6. The first-order valence-corrected chi connectivity index (χ1v) is 19.7. The van der Waals surface area contributed by atoms with Crippen LogP contribution in [0.15, 0.2) is 211 Å². The minimum atomic E-state index is -2.40. The van der Waals surface area contributed by atoms with Crippen LogP contribution in [0.5, 0.6) is 0 Å². The molecular formula is C55H37N3O. The number of hydrogen-bond donors (Lipinski definition) is 0. The molecule has 59 heavy (non-hydrogen) atoms. The van der Waals surface area contributed by atoms with Gasteiger partial charge >= 0.3 is 5.84 Å². The number of aromatic nitrogens is 3. The van der Waals surface area contributed by atoms with Gasteiger partial charge in [0.1, 0.15) is 11.0 Å². The van der Waals surface area contributed by atoms with Crippen molar-refractivity contribution in [3.63, 3.8) is 0 Å². The predicted molar refractivity (Wildman–Crippen MR) is 243 cm³/mol. The topological polar surface area (TPSA) is 43.3 Å². The number of aryl methyl sites for hydroxylation is 1. The van der Waals surface area contributed by atoms with E-state index in [-0.39, 0.29) is 5.56 Å². The lowest BCUT2D eigenvalue weighted by molar-refractivity contribution is 0.630. The summed E-state index contributed by atoms with van der Waals surface area (Å²) in [6.07, 6.45) is 1.68. The summed E-state index contributed by atoms with van der Waals surface area (Å²) >= 11 is 0. The Bertz CT molecular complexity index is 3300. The van der Waals surface area contributed by atoms with Gasteiger partial charge in [-0.3, -0.25) is 4.40 Å². The fourth-order valence-corrected chi connectivity index (χ4v) is 8.74. The van der Waals surface area contributed by atoms with Gasteiger partial charge in [-0.2, -0.15) is 4.98 Å². The molecule has 0 spiro atoms. The average molecular weight is 759 g/mol. The molecule has 4 heteroatoms. The van der Waals surface area contributed by atoms with E-state index in [9.17, 15) is 0 Å². The van der Waals surface area contributed by atoms with Crippen molar-refractivity contribution < 1.29 is 8.53 Å². The number of imidazole rings is 1. The van der Waals surface area contributed by atoms with E-state index in [1.54, 1.807) is 12.3 Å². The third-order valence-electron chi connectivity index (χ3n) is 11.3. The lowest BCUT2D eigenvalue weighted by Gasteiger charge is -2.29. The molecule has 3 heterocycles. The van der Waals surface area contributed by atoms with Gasteiger partial charge in [0.15, 0.2) is 0 Å². The third-order valence-corrected chi connectivity index (χ3v) is 11.3. The zero-order chi connectivity index (χ0) is 41.8. The SMILES string of the molecule is [2H]C([2H])([2H])c1ccc2c(nc3oc4ncccc4n32)c1-c1ccc(-c2c(-c3ccccc3)c(-c3ccccc3)c(-c3ccccc3)c(-c3ccccc3)c2-c2ccccc2)cc1. The van der Waals surface area contributed by atoms with E-state index >= 15 is 0 Å². The van der Waals surface area contributed by atoms with Crippen molar-refractivity contribution in [1.82, 2.24) is 14.4 Å². The molecule has 0 atom stereocenters. The summed E-state index contributed by atoms with van der Waals surface area (Å²) in [6.45, 7) is -2.40. The quantitative estimate of drug-likeness (QED) is 0.163. The molecule has 0 saturated heterocycles.